The topological polar surface area (TPSA) is 46.5 Å². The minimum absolute atomic E-state index is 0.0336. The SMILES string of the molecule is CC1(C)C(=O)c2ccccc2OC1(O)C1CC1. The minimum Gasteiger partial charge on any atom is -0.460 e. The van der Waals surface area contributed by atoms with Gasteiger partial charge in [-0.3, -0.25) is 4.79 Å². The molecule has 3 heteroatoms. The van der Waals surface area contributed by atoms with Crippen LogP contribution >= 0.6 is 0 Å². The van der Waals surface area contributed by atoms with E-state index in [0.29, 0.717) is 11.3 Å². The van der Waals surface area contributed by atoms with E-state index in [2.05, 4.69) is 0 Å². The molecule has 17 heavy (non-hydrogen) atoms. The van der Waals surface area contributed by atoms with Crippen LogP contribution in [-0.4, -0.2) is 16.7 Å². The van der Waals surface area contributed by atoms with Gasteiger partial charge >= 0.3 is 0 Å². The van der Waals surface area contributed by atoms with Gasteiger partial charge < -0.3 is 9.84 Å². The van der Waals surface area contributed by atoms with Crippen molar-refractivity contribution in [1.82, 2.24) is 0 Å². The van der Waals surface area contributed by atoms with Crippen LogP contribution in [0.1, 0.15) is 37.0 Å². The van der Waals surface area contributed by atoms with Crippen LogP contribution in [0.3, 0.4) is 0 Å². The number of benzene rings is 1. The molecule has 0 bridgehead atoms. The Balaban J connectivity index is 2.15. The third kappa shape index (κ3) is 1.29. The second-order valence-corrected chi connectivity index (χ2v) is 5.52. The zero-order valence-corrected chi connectivity index (χ0v) is 10.1. The van der Waals surface area contributed by atoms with Crippen molar-refractivity contribution in [2.24, 2.45) is 11.3 Å². The molecule has 1 saturated carbocycles. The Labute approximate surface area is 100 Å². The predicted molar refractivity (Wildman–Crippen MR) is 62.9 cm³/mol. The van der Waals surface area contributed by atoms with Gasteiger partial charge in [0.15, 0.2) is 5.78 Å². The highest BCUT2D eigenvalue weighted by molar-refractivity contribution is 6.04. The number of Topliss-reactive ketones (excluding diaryl/α,β-unsaturated/α-hetero) is 1. The molecule has 0 amide bonds. The Kier molecular flexibility index (Phi) is 1.97. The standard InChI is InChI=1S/C14H16O3/c1-13(2)12(15)10-5-3-4-6-11(10)17-14(13,16)9-7-8-9/h3-6,9,16H,7-8H2,1-2H3. The van der Waals surface area contributed by atoms with Gasteiger partial charge in [-0.2, -0.15) is 0 Å². The molecule has 0 spiro atoms. The van der Waals surface area contributed by atoms with Gasteiger partial charge in [-0.1, -0.05) is 12.1 Å². The predicted octanol–water partition coefficient (Wildman–Crippen LogP) is 2.39. The van der Waals surface area contributed by atoms with Gasteiger partial charge in [-0.05, 0) is 38.8 Å². The molecule has 1 aromatic carbocycles. The van der Waals surface area contributed by atoms with E-state index in [4.69, 9.17) is 4.74 Å². The fraction of sp³-hybridized carbons (Fsp3) is 0.500. The first-order chi connectivity index (χ1) is 7.97. The third-order valence-electron chi connectivity index (χ3n) is 3.99. The molecule has 3 nitrogen and oxygen atoms in total. The monoisotopic (exact) mass is 232 g/mol. The number of ketones is 1. The molecule has 2 aliphatic rings. The van der Waals surface area contributed by atoms with Crippen LogP contribution in [0.15, 0.2) is 24.3 Å². The molecule has 0 saturated heterocycles. The second kappa shape index (κ2) is 3.10. The third-order valence-corrected chi connectivity index (χ3v) is 3.99. The first-order valence-electron chi connectivity index (χ1n) is 6.02. The Hall–Kier alpha value is -1.35. The van der Waals surface area contributed by atoms with E-state index in [1.165, 1.54) is 0 Å². The first-order valence-corrected chi connectivity index (χ1v) is 6.02. The number of carbonyl (C=O) groups is 1. The molecular weight excluding hydrogens is 216 g/mol. The van der Waals surface area contributed by atoms with Crippen molar-refractivity contribution in [3.05, 3.63) is 29.8 Å². The van der Waals surface area contributed by atoms with Crippen LogP contribution in [0.5, 0.6) is 5.75 Å². The van der Waals surface area contributed by atoms with E-state index < -0.39 is 11.2 Å². The van der Waals surface area contributed by atoms with Crippen molar-refractivity contribution in [2.75, 3.05) is 0 Å². The normalized spacial score (nSPS) is 30.6. The van der Waals surface area contributed by atoms with Gasteiger partial charge in [0.2, 0.25) is 5.79 Å². The molecule has 1 atom stereocenters. The number of carbonyl (C=O) groups excluding carboxylic acids is 1. The average Bonchev–Trinajstić information content (AvgIpc) is 3.11. The Morgan fingerprint density at radius 1 is 1.29 bits per heavy atom. The lowest BCUT2D eigenvalue weighted by Gasteiger charge is -2.45. The molecule has 3 rings (SSSR count). The highest BCUT2D eigenvalue weighted by Crippen LogP contribution is 2.54. The summed E-state index contributed by atoms with van der Waals surface area (Å²) in [5.74, 6) is -0.798. The minimum atomic E-state index is -1.35. The quantitative estimate of drug-likeness (QED) is 0.808. The first kappa shape index (κ1) is 10.8. The highest BCUT2D eigenvalue weighted by Gasteiger charge is 2.62. The molecule has 1 unspecified atom stereocenters. The van der Waals surface area contributed by atoms with Gasteiger partial charge in [-0.25, -0.2) is 0 Å². The zero-order valence-electron chi connectivity index (χ0n) is 10.1. The number of hydrogen-bond donors (Lipinski definition) is 1. The maximum Gasteiger partial charge on any atom is 0.223 e. The Morgan fingerprint density at radius 3 is 2.59 bits per heavy atom. The number of hydrogen-bond acceptors (Lipinski definition) is 3. The van der Waals surface area contributed by atoms with Gasteiger partial charge in [0.1, 0.15) is 5.75 Å². The maximum absolute atomic E-state index is 12.4. The summed E-state index contributed by atoms with van der Waals surface area (Å²) < 4.78 is 5.76. The van der Waals surface area contributed by atoms with Gasteiger partial charge in [0, 0.05) is 5.92 Å². The van der Waals surface area contributed by atoms with Crippen molar-refractivity contribution < 1.29 is 14.6 Å². The Morgan fingerprint density at radius 2 is 1.94 bits per heavy atom. The zero-order chi connectivity index (χ0) is 12.3. The van der Waals surface area contributed by atoms with Crippen LogP contribution in [0.2, 0.25) is 0 Å². The molecule has 1 aliphatic heterocycles. The van der Waals surface area contributed by atoms with E-state index in [1.807, 2.05) is 12.1 Å². The number of fused-ring (bicyclic) bond motifs is 1. The van der Waals surface area contributed by atoms with Crippen molar-refractivity contribution in [2.45, 2.75) is 32.5 Å². The summed E-state index contributed by atoms with van der Waals surface area (Å²) >= 11 is 0. The molecule has 1 aromatic rings. The summed E-state index contributed by atoms with van der Waals surface area (Å²) in [5.41, 5.74) is -0.314. The van der Waals surface area contributed by atoms with Crippen molar-refractivity contribution in [3.63, 3.8) is 0 Å². The van der Waals surface area contributed by atoms with Crippen LogP contribution in [0.4, 0.5) is 0 Å². The fourth-order valence-corrected chi connectivity index (χ4v) is 2.61. The largest absolute Gasteiger partial charge is 0.460 e. The molecule has 1 heterocycles. The van der Waals surface area contributed by atoms with E-state index in [1.54, 1.807) is 26.0 Å². The summed E-state index contributed by atoms with van der Waals surface area (Å²) in [5, 5.41) is 10.7. The fourth-order valence-electron chi connectivity index (χ4n) is 2.61. The number of para-hydroxylation sites is 1. The molecule has 0 aromatic heterocycles. The van der Waals surface area contributed by atoms with Gasteiger partial charge in [-0.15, -0.1) is 0 Å². The van der Waals surface area contributed by atoms with Crippen molar-refractivity contribution in [1.29, 1.82) is 0 Å². The van der Waals surface area contributed by atoms with E-state index in [0.717, 1.165) is 12.8 Å². The summed E-state index contributed by atoms with van der Waals surface area (Å²) in [6.45, 7) is 3.53. The van der Waals surface area contributed by atoms with Gasteiger partial charge in [0.05, 0.1) is 11.0 Å². The summed E-state index contributed by atoms with van der Waals surface area (Å²) in [6.07, 6.45) is 1.85. The lowest BCUT2D eigenvalue weighted by atomic mass is 9.72. The second-order valence-electron chi connectivity index (χ2n) is 5.52. The van der Waals surface area contributed by atoms with Crippen LogP contribution in [-0.2, 0) is 0 Å². The highest BCUT2D eigenvalue weighted by atomic mass is 16.6. The molecule has 1 aliphatic carbocycles. The molecular formula is C14H16O3. The Bertz CT molecular complexity index is 488. The van der Waals surface area contributed by atoms with Crippen LogP contribution in [0.25, 0.3) is 0 Å². The van der Waals surface area contributed by atoms with E-state index in [-0.39, 0.29) is 11.7 Å². The smallest absolute Gasteiger partial charge is 0.223 e. The number of aliphatic hydroxyl groups is 1. The lowest BCUT2D eigenvalue weighted by molar-refractivity contribution is -0.215. The summed E-state index contributed by atoms with van der Waals surface area (Å²) in [7, 11) is 0. The summed E-state index contributed by atoms with van der Waals surface area (Å²) in [4.78, 5) is 12.4. The lowest BCUT2D eigenvalue weighted by Crippen LogP contribution is -2.58. The number of ether oxygens (including phenoxy) is 1. The van der Waals surface area contributed by atoms with Gasteiger partial charge in [0.25, 0.3) is 0 Å². The number of rotatable bonds is 1. The average molecular weight is 232 g/mol. The molecule has 0 radical (unpaired) electrons. The van der Waals surface area contributed by atoms with E-state index >= 15 is 0 Å². The maximum atomic E-state index is 12.4. The van der Waals surface area contributed by atoms with E-state index in [9.17, 15) is 9.90 Å². The molecule has 1 fully saturated rings. The van der Waals surface area contributed by atoms with Crippen LogP contribution in [0, 0.1) is 11.3 Å². The summed E-state index contributed by atoms with van der Waals surface area (Å²) in [6, 6.07) is 7.14. The van der Waals surface area contributed by atoms with Crippen molar-refractivity contribution in [3.8, 4) is 5.75 Å². The van der Waals surface area contributed by atoms with Crippen LogP contribution < -0.4 is 4.74 Å². The molecule has 1 N–H and O–H groups in total. The van der Waals surface area contributed by atoms with Crippen molar-refractivity contribution >= 4 is 5.78 Å². The molecule has 90 valence electrons.